The van der Waals surface area contributed by atoms with Crippen LogP contribution in [0.3, 0.4) is 0 Å². The minimum atomic E-state index is -0.262. The maximum atomic E-state index is 9.64. The third-order valence-electron chi connectivity index (χ3n) is 4.15. The van der Waals surface area contributed by atoms with E-state index in [1.807, 2.05) is 31.2 Å². The van der Waals surface area contributed by atoms with Crippen LogP contribution in [0, 0.1) is 5.92 Å². The third kappa shape index (κ3) is 3.28. The molecule has 1 fully saturated rings. The zero-order chi connectivity index (χ0) is 15.5. The highest BCUT2D eigenvalue weighted by atomic mass is 16.5. The van der Waals surface area contributed by atoms with Crippen LogP contribution in [-0.2, 0) is 6.54 Å². The summed E-state index contributed by atoms with van der Waals surface area (Å²) in [5.74, 6) is 2.26. The molecule has 2 unspecified atom stereocenters. The van der Waals surface area contributed by atoms with Gasteiger partial charge in [-0.25, -0.2) is 0 Å². The van der Waals surface area contributed by atoms with Crippen molar-refractivity contribution in [1.82, 2.24) is 15.1 Å². The maximum Gasteiger partial charge on any atom is 0.247 e. The predicted molar refractivity (Wildman–Crippen MR) is 81.4 cm³/mol. The van der Waals surface area contributed by atoms with Crippen molar-refractivity contribution in [2.45, 2.75) is 26.0 Å². The van der Waals surface area contributed by atoms with Crippen LogP contribution in [0.25, 0.3) is 11.5 Å². The van der Waals surface area contributed by atoms with Crippen LogP contribution in [0.15, 0.2) is 28.7 Å². The minimum absolute atomic E-state index is 0.262. The fraction of sp³-hybridized carbons (Fsp3) is 0.500. The smallest absolute Gasteiger partial charge is 0.247 e. The molecule has 118 valence electrons. The van der Waals surface area contributed by atoms with Crippen molar-refractivity contribution >= 4 is 0 Å². The number of aliphatic hydroxyl groups excluding tert-OH is 1. The van der Waals surface area contributed by atoms with Crippen LogP contribution in [-0.4, -0.2) is 46.5 Å². The SMILES string of the molecule is COc1ccc(-c2nnc(CN3CCC(C(C)O)C3)o2)cc1. The maximum absolute atomic E-state index is 9.64. The first-order valence-corrected chi connectivity index (χ1v) is 7.53. The lowest BCUT2D eigenvalue weighted by Crippen LogP contribution is -2.24. The summed E-state index contributed by atoms with van der Waals surface area (Å²) in [6.45, 7) is 4.31. The lowest BCUT2D eigenvalue weighted by atomic mass is 10.0. The van der Waals surface area contributed by atoms with E-state index in [0.717, 1.165) is 30.8 Å². The average molecular weight is 303 g/mol. The summed E-state index contributed by atoms with van der Waals surface area (Å²) in [5, 5.41) is 17.9. The van der Waals surface area contributed by atoms with Crippen molar-refractivity contribution in [3.63, 3.8) is 0 Å². The molecule has 1 aromatic carbocycles. The van der Waals surface area contributed by atoms with Gasteiger partial charge in [0.25, 0.3) is 0 Å². The molecule has 1 aromatic heterocycles. The van der Waals surface area contributed by atoms with Crippen LogP contribution in [0.4, 0.5) is 0 Å². The van der Waals surface area contributed by atoms with Crippen molar-refractivity contribution in [1.29, 1.82) is 0 Å². The quantitative estimate of drug-likeness (QED) is 0.910. The first-order valence-electron chi connectivity index (χ1n) is 7.53. The Morgan fingerprint density at radius 2 is 2.14 bits per heavy atom. The van der Waals surface area contributed by atoms with Gasteiger partial charge < -0.3 is 14.3 Å². The Bertz CT molecular complexity index is 609. The Balaban J connectivity index is 1.64. The molecule has 0 aliphatic carbocycles. The van der Waals surface area contributed by atoms with Gasteiger partial charge in [-0.15, -0.1) is 10.2 Å². The Kier molecular flexibility index (Phi) is 4.40. The molecule has 6 heteroatoms. The molecular formula is C16H21N3O3. The fourth-order valence-corrected chi connectivity index (χ4v) is 2.76. The monoisotopic (exact) mass is 303 g/mol. The summed E-state index contributed by atoms with van der Waals surface area (Å²) in [6, 6.07) is 7.53. The molecule has 0 spiro atoms. The van der Waals surface area contributed by atoms with E-state index in [9.17, 15) is 5.11 Å². The highest BCUT2D eigenvalue weighted by Gasteiger charge is 2.27. The van der Waals surface area contributed by atoms with Crippen LogP contribution in [0.1, 0.15) is 19.2 Å². The number of hydrogen-bond acceptors (Lipinski definition) is 6. The molecule has 1 saturated heterocycles. The summed E-state index contributed by atoms with van der Waals surface area (Å²) in [7, 11) is 1.64. The van der Waals surface area contributed by atoms with E-state index in [4.69, 9.17) is 9.15 Å². The van der Waals surface area contributed by atoms with Gasteiger partial charge in [0.1, 0.15) is 5.75 Å². The van der Waals surface area contributed by atoms with E-state index in [1.165, 1.54) is 0 Å². The van der Waals surface area contributed by atoms with Crippen LogP contribution >= 0.6 is 0 Å². The summed E-state index contributed by atoms with van der Waals surface area (Å²) >= 11 is 0. The van der Waals surface area contributed by atoms with Crippen molar-refractivity contribution in [3.8, 4) is 17.2 Å². The summed E-state index contributed by atoms with van der Waals surface area (Å²) < 4.78 is 10.9. The molecule has 0 bridgehead atoms. The van der Waals surface area contributed by atoms with Crippen LogP contribution in [0.5, 0.6) is 5.75 Å². The number of nitrogens with zero attached hydrogens (tertiary/aromatic N) is 3. The summed E-state index contributed by atoms with van der Waals surface area (Å²) in [5.41, 5.74) is 0.878. The second kappa shape index (κ2) is 6.46. The molecule has 2 atom stereocenters. The molecule has 1 N–H and O–H groups in total. The number of aromatic nitrogens is 2. The molecule has 22 heavy (non-hydrogen) atoms. The molecule has 3 rings (SSSR count). The molecule has 1 aliphatic heterocycles. The van der Waals surface area contributed by atoms with Gasteiger partial charge in [-0.3, -0.25) is 4.90 Å². The minimum Gasteiger partial charge on any atom is -0.497 e. The highest BCUT2D eigenvalue weighted by molar-refractivity contribution is 5.53. The summed E-state index contributed by atoms with van der Waals surface area (Å²) in [4.78, 5) is 2.24. The lowest BCUT2D eigenvalue weighted by molar-refractivity contribution is 0.126. The van der Waals surface area contributed by atoms with E-state index in [1.54, 1.807) is 7.11 Å². The Hall–Kier alpha value is -1.92. The second-order valence-corrected chi connectivity index (χ2v) is 5.75. The molecule has 0 saturated carbocycles. The Morgan fingerprint density at radius 1 is 1.36 bits per heavy atom. The lowest BCUT2D eigenvalue weighted by Gasteiger charge is -2.15. The molecule has 6 nitrogen and oxygen atoms in total. The van der Waals surface area contributed by atoms with Crippen LogP contribution < -0.4 is 4.74 Å². The third-order valence-corrected chi connectivity index (χ3v) is 4.15. The van der Waals surface area contributed by atoms with E-state index < -0.39 is 0 Å². The zero-order valence-corrected chi connectivity index (χ0v) is 12.9. The van der Waals surface area contributed by atoms with Crippen molar-refractivity contribution in [2.75, 3.05) is 20.2 Å². The predicted octanol–water partition coefficient (Wildman–Crippen LogP) is 1.95. The average Bonchev–Trinajstić information content (AvgIpc) is 3.17. The van der Waals surface area contributed by atoms with Gasteiger partial charge in [-0.1, -0.05) is 0 Å². The number of rotatable bonds is 5. The molecule has 2 heterocycles. The van der Waals surface area contributed by atoms with Crippen molar-refractivity contribution in [2.24, 2.45) is 5.92 Å². The molecular weight excluding hydrogens is 282 g/mol. The second-order valence-electron chi connectivity index (χ2n) is 5.75. The first-order chi connectivity index (χ1) is 10.7. The van der Waals surface area contributed by atoms with E-state index in [2.05, 4.69) is 15.1 Å². The van der Waals surface area contributed by atoms with Crippen molar-refractivity contribution < 1.29 is 14.3 Å². The number of methoxy groups -OCH3 is 1. The van der Waals surface area contributed by atoms with Gasteiger partial charge in [0.05, 0.1) is 19.8 Å². The largest absolute Gasteiger partial charge is 0.497 e. The number of hydrogen-bond donors (Lipinski definition) is 1. The van der Waals surface area contributed by atoms with E-state index in [-0.39, 0.29) is 6.10 Å². The molecule has 2 aromatic rings. The Labute approximate surface area is 129 Å². The Morgan fingerprint density at radius 3 is 2.77 bits per heavy atom. The van der Waals surface area contributed by atoms with E-state index >= 15 is 0 Å². The van der Waals surface area contributed by atoms with Gasteiger partial charge in [-0.05, 0) is 50.1 Å². The van der Waals surface area contributed by atoms with Crippen molar-refractivity contribution in [3.05, 3.63) is 30.2 Å². The topological polar surface area (TPSA) is 71.6 Å². The molecule has 1 aliphatic rings. The number of aliphatic hydroxyl groups is 1. The fourth-order valence-electron chi connectivity index (χ4n) is 2.76. The summed E-state index contributed by atoms with van der Waals surface area (Å²) in [6.07, 6.45) is 0.750. The van der Waals surface area contributed by atoms with E-state index in [0.29, 0.717) is 24.2 Å². The standard InChI is InChI=1S/C16H21N3O3/c1-11(20)13-7-8-19(9-13)10-15-17-18-16(22-15)12-3-5-14(21-2)6-4-12/h3-6,11,13,20H,7-10H2,1-2H3. The molecule has 0 amide bonds. The number of ether oxygens (including phenoxy) is 1. The molecule has 0 radical (unpaired) electrons. The normalized spacial score (nSPS) is 20.2. The van der Waals surface area contributed by atoms with Gasteiger partial charge in [0, 0.05) is 12.1 Å². The van der Waals surface area contributed by atoms with Gasteiger partial charge in [0.15, 0.2) is 0 Å². The number of likely N-dealkylation sites (tertiary alicyclic amines) is 1. The van der Waals surface area contributed by atoms with Gasteiger partial charge >= 0.3 is 0 Å². The van der Waals surface area contributed by atoms with Crippen LogP contribution in [0.2, 0.25) is 0 Å². The van der Waals surface area contributed by atoms with Gasteiger partial charge in [0.2, 0.25) is 11.8 Å². The highest BCUT2D eigenvalue weighted by Crippen LogP contribution is 2.24. The zero-order valence-electron chi connectivity index (χ0n) is 12.9. The first kappa shape index (κ1) is 15.0. The van der Waals surface area contributed by atoms with Gasteiger partial charge in [-0.2, -0.15) is 0 Å². The number of benzene rings is 1.